The Hall–Kier alpha value is -3.37. The highest BCUT2D eigenvalue weighted by Gasteiger charge is 2.50. The second-order valence-corrected chi connectivity index (χ2v) is 14.2. The second-order valence-electron chi connectivity index (χ2n) is 13.2. The number of halogens is 1. The summed E-state index contributed by atoms with van der Waals surface area (Å²) in [5.74, 6) is 2.07. The highest BCUT2D eigenvalue weighted by Crippen LogP contribution is 2.66. The van der Waals surface area contributed by atoms with Crippen molar-refractivity contribution in [3.8, 4) is 5.75 Å². The predicted octanol–water partition coefficient (Wildman–Crippen LogP) is 11.0. The number of rotatable bonds is 8. The Balaban J connectivity index is 1.29. The van der Waals surface area contributed by atoms with Crippen LogP contribution in [0.2, 0.25) is 0 Å². The predicted molar refractivity (Wildman–Crippen MR) is 188 cm³/mol. The van der Waals surface area contributed by atoms with E-state index in [4.69, 9.17) is 4.74 Å². The summed E-state index contributed by atoms with van der Waals surface area (Å²) in [6.07, 6.45) is 7.61. The van der Waals surface area contributed by atoms with Crippen LogP contribution < -0.4 is 4.74 Å². The van der Waals surface area contributed by atoms with Gasteiger partial charge in [-0.15, -0.1) is 0 Å². The Bertz CT molecular complexity index is 1710. The molecule has 1 nitrogen and oxygen atoms in total. The maximum absolute atomic E-state index is 7.23. The van der Waals surface area contributed by atoms with E-state index in [-0.39, 0.29) is 23.7 Å². The van der Waals surface area contributed by atoms with Gasteiger partial charge in [0.15, 0.2) is 0 Å². The van der Waals surface area contributed by atoms with Crippen molar-refractivity contribution in [2.45, 2.75) is 69.1 Å². The van der Waals surface area contributed by atoms with Crippen molar-refractivity contribution in [2.24, 2.45) is 0 Å². The van der Waals surface area contributed by atoms with Gasteiger partial charge in [0.1, 0.15) is 5.75 Å². The monoisotopic (exact) mass is 684 g/mol. The summed E-state index contributed by atoms with van der Waals surface area (Å²) in [4.78, 5) is 0. The van der Waals surface area contributed by atoms with E-state index in [2.05, 4.69) is 127 Å². The Morgan fingerprint density at radius 3 is 1.14 bits per heavy atom. The highest BCUT2D eigenvalue weighted by atomic mass is 127. The normalized spacial score (nSPS) is 20.7. The number of unbranched alkanes of at least 4 members (excludes halogenated alkanes) is 5. The second kappa shape index (κ2) is 10.6. The minimum atomic E-state index is 0.201. The lowest BCUT2D eigenvalue weighted by molar-refractivity contribution is 0.295. The fourth-order valence-electron chi connectivity index (χ4n) is 9.18. The number of hydrogen-bond acceptors (Lipinski definition) is 1. The fourth-order valence-corrected chi connectivity index (χ4v) is 10.4. The zero-order chi connectivity index (χ0) is 29.4. The lowest BCUT2D eigenvalue weighted by Gasteiger charge is -2.48. The molecule has 0 spiro atoms. The Kier molecular flexibility index (Phi) is 6.51. The van der Waals surface area contributed by atoms with Crippen molar-refractivity contribution in [3.05, 3.63) is 167 Å². The molecule has 5 aromatic carbocycles. The third-order valence-corrected chi connectivity index (χ3v) is 12.1. The molecule has 218 valence electrons. The highest BCUT2D eigenvalue weighted by molar-refractivity contribution is 14.1. The van der Waals surface area contributed by atoms with Gasteiger partial charge in [0, 0.05) is 38.4 Å². The SMILES string of the molecule is CCCCCCCCOc1c2c(c(I)c3c1C1c4ccccc4C3c3ccccc31)C1c3ccccc3C2c2ccccc21. The molecule has 0 atom stereocenters. The van der Waals surface area contributed by atoms with E-state index in [0.717, 1.165) is 13.0 Å². The number of ether oxygens (including phenoxy) is 1. The maximum Gasteiger partial charge on any atom is 0.128 e. The van der Waals surface area contributed by atoms with Crippen LogP contribution in [-0.4, -0.2) is 6.61 Å². The Labute approximate surface area is 274 Å². The molecule has 6 aliphatic rings. The molecule has 0 aliphatic heterocycles. The van der Waals surface area contributed by atoms with Gasteiger partial charge >= 0.3 is 0 Å². The average molecular weight is 685 g/mol. The molecule has 0 radical (unpaired) electrons. The molecule has 6 aliphatic carbocycles. The lowest BCUT2D eigenvalue weighted by atomic mass is 9.56. The van der Waals surface area contributed by atoms with Crippen LogP contribution in [0, 0.1) is 3.57 Å². The van der Waals surface area contributed by atoms with Crippen LogP contribution in [0.5, 0.6) is 5.75 Å². The smallest absolute Gasteiger partial charge is 0.128 e. The molecule has 0 N–H and O–H groups in total. The molecule has 4 bridgehead atoms. The first-order valence-electron chi connectivity index (χ1n) is 16.7. The third-order valence-electron chi connectivity index (χ3n) is 10.9. The van der Waals surface area contributed by atoms with Crippen LogP contribution in [0.25, 0.3) is 0 Å². The molecule has 44 heavy (non-hydrogen) atoms. The molecular weight excluding hydrogens is 647 g/mol. The van der Waals surface area contributed by atoms with Crippen LogP contribution in [0.15, 0.2) is 97.1 Å². The van der Waals surface area contributed by atoms with E-state index >= 15 is 0 Å². The van der Waals surface area contributed by atoms with Crippen LogP contribution in [-0.2, 0) is 0 Å². The van der Waals surface area contributed by atoms with Gasteiger partial charge in [0.05, 0.1) is 6.61 Å². The molecular formula is C42H37IO. The van der Waals surface area contributed by atoms with Gasteiger partial charge in [-0.3, -0.25) is 0 Å². The summed E-state index contributed by atoms with van der Waals surface area (Å²) in [6.45, 7) is 3.08. The molecule has 0 saturated heterocycles. The molecule has 0 aromatic heterocycles. The van der Waals surface area contributed by atoms with Crippen LogP contribution in [0.4, 0.5) is 0 Å². The van der Waals surface area contributed by atoms with Gasteiger partial charge < -0.3 is 4.74 Å². The van der Waals surface area contributed by atoms with Crippen LogP contribution in [0.1, 0.15) is 136 Å². The van der Waals surface area contributed by atoms with Crippen molar-refractivity contribution < 1.29 is 4.74 Å². The first-order chi connectivity index (χ1) is 21.8. The van der Waals surface area contributed by atoms with E-state index < -0.39 is 0 Å². The first-order valence-corrected chi connectivity index (χ1v) is 17.7. The fraction of sp³-hybridized carbons (Fsp3) is 0.286. The molecule has 0 heterocycles. The average Bonchev–Trinajstić information content (AvgIpc) is 3.08. The van der Waals surface area contributed by atoms with Crippen molar-refractivity contribution in [3.63, 3.8) is 0 Å². The third kappa shape index (κ3) is 3.70. The summed E-state index contributed by atoms with van der Waals surface area (Å²) in [7, 11) is 0. The van der Waals surface area contributed by atoms with Gasteiger partial charge in [-0.05, 0) is 84.6 Å². The topological polar surface area (TPSA) is 9.23 Å². The van der Waals surface area contributed by atoms with Gasteiger partial charge in [-0.25, -0.2) is 0 Å². The quantitative estimate of drug-likeness (QED) is 0.114. The molecule has 0 saturated carbocycles. The molecule has 0 fully saturated rings. The molecule has 0 amide bonds. The maximum atomic E-state index is 7.23. The van der Waals surface area contributed by atoms with Crippen LogP contribution >= 0.6 is 22.6 Å². The number of hydrogen-bond donors (Lipinski definition) is 0. The van der Waals surface area contributed by atoms with E-state index in [1.807, 2.05) is 0 Å². The zero-order valence-electron chi connectivity index (χ0n) is 25.3. The summed E-state index contributed by atoms with van der Waals surface area (Å²) < 4.78 is 8.68. The van der Waals surface area contributed by atoms with Crippen molar-refractivity contribution in [2.75, 3.05) is 6.61 Å². The Morgan fingerprint density at radius 2 is 0.773 bits per heavy atom. The molecule has 5 aromatic rings. The van der Waals surface area contributed by atoms with Crippen molar-refractivity contribution in [1.29, 1.82) is 0 Å². The van der Waals surface area contributed by atoms with Crippen molar-refractivity contribution in [1.82, 2.24) is 0 Å². The summed E-state index contributed by atoms with van der Waals surface area (Å²) >= 11 is 2.75. The standard InChI is InChI=1S/C42H37IO/c1-2-3-4-5-6-15-24-44-42-39-35-29-20-11-7-16-25(29)33(26-17-8-12-21-30(26)35)37(39)41(43)38-34-27-18-9-13-22-31(27)36(40(38)42)32-23-14-10-19-28(32)34/h7-14,16-23,33-36H,2-6,15,24H2,1H3. The largest absolute Gasteiger partial charge is 0.493 e. The minimum Gasteiger partial charge on any atom is -0.493 e. The van der Waals surface area contributed by atoms with Gasteiger partial charge in [0.2, 0.25) is 0 Å². The van der Waals surface area contributed by atoms with E-state index in [1.165, 1.54) is 108 Å². The van der Waals surface area contributed by atoms with Gasteiger partial charge in [-0.1, -0.05) is 136 Å². The van der Waals surface area contributed by atoms with Gasteiger partial charge in [-0.2, -0.15) is 0 Å². The first kappa shape index (κ1) is 27.0. The molecule has 11 rings (SSSR count). The summed E-state index contributed by atoms with van der Waals surface area (Å²) in [6, 6.07) is 36.9. The van der Waals surface area contributed by atoms with Crippen LogP contribution in [0.3, 0.4) is 0 Å². The zero-order valence-corrected chi connectivity index (χ0v) is 27.4. The Morgan fingerprint density at radius 1 is 0.455 bits per heavy atom. The lowest BCUT2D eigenvalue weighted by Crippen LogP contribution is -2.34. The number of benzene rings is 5. The minimum absolute atomic E-state index is 0.201. The summed E-state index contributed by atoms with van der Waals surface area (Å²) in [5, 5.41) is 0. The molecule has 2 heteroatoms. The van der Waals surface area contributed by atoms with Crippen molar-refractivity contribution >= 4 is 22.6 Å². The van der Waals surface area contributed by atoms with E-state index in [0.29, 0.717) is 0 Å². The van der Waals surface area contributed by atoms with E-state index in [9.17, 15) is 0 Å². The molecule has 0 unspecified atom stereocenters. The van der Waals surface area contributed by atoms with Gasteiger partial charge in [0.25, 0.3) is 0 Å². The summed E-state index contributed by atoms with van der Waals surface area (Å²) in [5.41, 5.74) is 17.7. The van der Waals surface area contributed by atoms with E-state index in [1.54, 1.807) is 0 Å².